The van der Waals surface area contributed by atoms with E-state index >= 15 is 0 Å². The highest BCUT2D eigenvalue weighted by Crippen LogP contribution is 2.37. The number of phenols is 1. The van der Waals surface area contributed by atoms with Crippen LogP contribution in [0.4, 0.5) is 0 Å². The van der Waals surface area contributed by atoms with Crippen molar-refractivity contribution in [1.82, 2.24) is 0 Å². The smallest absolute Gasteiger partial charge is 0.348 e. The Labute approximate surface area is 127 Å². The van der Waals surface area contributed by atoms with Crippen molar-refractivity contribution in [3.8, 4) is 17.2 Å². The van der Waals surface area contributed by atoms with Gasteiger partial charge in [-0.1, -0.05) is 18.2 Å². The maximum Gasteiger partial charge on any atom is 0.348 e. The molecule has 0 saturated carbocycles. The molecule has 0 radical (unpaired) electrons. The highest BCUT2D eigenvalue weighted by atomic mass is 16.5. The molecule has 0 spiro atoms. The van der Waals surface area contributed by atoms with Gasteiger partial charge in [0.1, 0.15) is 17.1 Å². The molecule has 1 aliphatic heterocycles. The monoisotopic (exact) mass is 298 g/mol. The van der Waals surface area contributed by atoms with Crippen LogP contribution in [0.2, 0.25) is 0 Å². The number of rotatable bonds is 3. The van der Waals surface area contributed by atoms with Gasteiger partial charge in [-0.25, -0.2) is 4.79 Å². The molecule has 2 aromatic rings. The highest BCUT2D eigenvalue weighted by Gasteiger charge is 2.29. The zero-order valence-electron chi connectivity index (χ0n) is 12.1. The Morgan fingerprint density at radius 1 is 1.09 bits per heavy atom. The molecular weight excluding hydrogens is 284 g/mol. The largest absolute Gasteiger partial charge is 0.504 e. The second-order valence-electron chi connectivity index (χ2n) is 4.71. The van der Waals surface area contributed by atoms with E-state index in [-0.39, 0.29) is 5.75 Å². The first-order chi connectivity index (χ1) is 10.6. The fraction of sp³-hybridized carbons (Fsp3) is 0.118. The van der Waals surface area contributed by atoms with Gasteiger partial charge in [-0.15, -0.1) is 0 Å². The van der Waals surface area contributed by atoms with Crippen LogP contribution in [0.15, 0.2) is 36.4 Å². The van der Waals surface area contributed by atoms with E-state index in [1.807, 2.05) is 0 Å². The number of esters is 1. The van der Waals surface area contributed by atoms with Gasteiger partial charge in [-0.3, -0.25) is 0 Å². The minimum atomic E-state index is -0.440. The van der Waals surface area contributed by atoms with E-state index in [9.17, 15) is 9.90 Å². The standard InChI is InChI=1S/C17H14O5/c1-20-13-5-3-4-11-14(22-17(19)16(11)13)8-10-6-7-12(18)15(9-10)21-2/h3-9,18H,1-2H3. The lowest BCUT2D eigenvalue weighted by atomic mass is 10.1. The Bertz CT molecular complexity index is 777. The number of hydrogen-bond donors (Lipinski definition) is 1. The summed E-state index contributed by atoms with van der Waals surface area (Å²) in [5.74, 6) is 0.880. The number of phenolic OH excluding ortho intramolecular Hbond substituents is 1. The molecule has 5 nitrogen and oxygen atoms in total. The number of cyclic esters (lactones) is 1. The van der Waals surface area contributed by atoms with E-state index in [1.165, 1.54) is 20.3 Å². The van der Waals surface area contributed by atoms with Gasteiger partial charge >= 0.3 is 5.97 Å². The zero-order valence-corrected chi connectivity index (χ0v) is 12.1. The highest BCUT2D eigenvalue weighted by molar-refractivity contribution is 6.07. The molecule has 1 aliphatic rings. The van der Waals surface area contributed by atoms with Crippen LogP contribution in [0.25, 0.3) is 11.8 Å². The molecule has 0 unspecified atom stereocenters. The fourth-order valence-electron chi connectivity index (χ4n) is 2.37. The van der Waals surface area contributed by atoms with Crippen LogP contribution in [0.3, 0.4) is 0 Å². The third-order valence-corrected chi connectivity index (χ3v) is 3.42. The van der Waals surface area contributed by atoms with Crippen molar-refractivity contribution in [1.29, 1.82) is 0 Å². The number of aromatic hydroxyl groups is 1. The third-order valence-electron chi connectivity index (χ3n) is 3.42. The number of fused-ring (bicyclic) bond motifs is 1. The minimum Gasteiger partial charge on any atom is -0.504 e. The molecule has 0 saturated heterocycles. The Balaban J connectivity index is 2.07. The summed E-state index contributed by atoms with van der Waals surface area (Å²) in [6.45, 7) is 0. The summed E-state index contributed by atoms with van der Waals surface area (Å²) in [4.78, 5) is 12.0. The summed E-state index contributed by atoms with van der Waals surface area (Å²) in [5.41, 5.74) is 1.84. The molecule has 5 heteroatoms. The van der Waals surface area contributed by atoms with Crippen molar-refractivity contribution in [2.24, 2.45) is 0 Å². The first-order valence-corrected chi connectivity index (χ1v) is 6.62. The van der Waals surface area contributed by atoms with Gasteiger partial charge in [0.05, 0.1) is 14.2 Å². The molecule has 112 valence electrons. The summed E-state index contributed by atoms with van der Waals surface area (Å²) in [6, 6.07) is 10.2. The molecule has 1 heterocycles. The number of hydrogen-bond acceptors (Lipinski definition) is 5. The van der Waals surface area contributed by atoms with Gasteiger partial charge in [0, 0.05) is 5.56 Å². The second kappa shape index (κ2) is 5.44. The van der Waals surface area contributed by atoms with Gasteiger partial charge in [0.2, 0.25) is 0 Å². The fourth-order valence-corrected chi connectivity index (χ4v) is 2.37. The van der Waals surface area contributed by atoms with E-state index < -0.39 is 5.97 Å². The van der Waals surface area contributed by atoms with Crippen molar-refractivity contribution < 1.29 is 24.1 Å². The van der Waals surface area contributed by atoms with Gasteiger partial charge < -0.3 is 19.3 Å². The number of carbonyl (C=O) groups excluding carboxylic acids is 1. The predicted molar refractivity (Wildman–Crippen MR) is 80.9 cm³/mol. The number of methoxy groups -OCH3 is 2. The van der Waals surface area contributed by atoms with Gasteiger partial charge in [-0.05, 0) is 29.8 Å². The summed E-state index contributed by atoms with van der Waals surface area (Å²) in [7, 11) is 2.98. The first kappa shape index (κ1) is 14.0. The van der Waals surface area contributed by atoms with Crippen molar-refractivity contribution in [2.45, 2.75) is 0 Å². The van der Waals surface area contributed by atoms with Gasteiger partial charge in [0.25, 0.3) is 0 Å². The average molecular weight is 298 g/mol. The van der Waals surface area contributed by atoms with Crippen molar-refractivity contribution >= 4 is 17.8 Å². The van der Waals surface area contributed by atoms with E-state index in [1.54, 1.807) is 36.4 Å². The van der Waals surface area contributed by atoms with Crippen LogP contribution in [-0.2, 0) is 4.74 Å². The van der Waals surface area contributed by atoms with Crippen molar-refractivity contribution in [3.05, 3.63) is 53.1 Å². The summed E-state index contributed by atoms with van der Waals surface area (Å²) in [6.07, 6.45) is 1.71. The molecule has 3 rings (SSSR count). The quantitative estimate of drug-likeness (QED) is 0.882. The molecule has 0 amide bonds. The Hall–Kier alpha value is -2.95. The maximum absolute atomic E-state index is 12.0. The molecule has 0 aromatic heterocycles. The normalized spacial score (nSPS) is 14.6. The minimum absolute atomic E-state index is 0.0511. The SMILES string of the molecule is COc1cc(C=C2OC(=O)c3c(OC)cccc32)ccc1O. The predicted octanol–water partition coefficient (Wildman–Crippen LogP) is 3.08. The average Bonchev–Trinajstić information content (AvgIpc) is 2.85. The van der Waals surface area contributed by atoms with Crippen molar-refractivity contribution in [3.63, 3.8) is 0 Å². The topological polar surface area (TPSA) is 65.0 Å². The van der Waals surface area contributed by atoms with E-state index in [2.05, 4.69) is 0 Å². The maximum atomic E-state index is 12.0. The van der Waals surface area contributed by atoms with Crippen molar-refractivity contribution in [2.75, 3.05) is 14.2 Å². The molecule has 0 aliphatic carbocycles. The third kappa shape index (κ3) is 2.26. The molecular formula is C17H14O5. The second-order valence-corrected chi connectivity index (χ2v) is 4.71. The number of ether oxygens (including phenoxy) is 3. The van der Waals surface area contributed by atoms with Crippen LogP contribution in [0, 0.1) is 0 Å². The van der Waals surface area contributed by atoms with Gasteiger partial charge in [0.15, 0.2) is 11.5 Å². The van der Waals surface area contributed by atoms with Crippen LogP contribution in [0.1, 0.15) is 21.5 Å². The molecule has 0 bridgehead atoms. The molecule has 0 atom stereocenters. The molecule has 22 heavy (non-hydrogen) atoms. The number of benzene rings is 2. The van der Waals surface area contributed by atoms with E-state index in [0.29, 0.717) is 28.4 Å². The molecule has 2 aromatic carbocycles. The van der Waals surface area contributed by atoms with Crippen LogP contribution < -0.4 is 9.47 Å². The molecule has 1 N–H and O–H groups in total. The Morgan fingerprint density at radius 3 is 2.59 bits per heavy atom. The lowest BCUT2D eigenvalue weighted by Crippen LogP contribution is -1.97. The summed E-state index contributed by atoms with van der Waals surface area (Å²) < 4.78 is 15.6. The van der Waals surface area contributed by atoms with Crippen LogP contribution in [0.5, 0.6) is 17.2 Å². The van der Waals surface area contributed by atoms with Crippen LogP contribution >= 0.6 is 0 Å². The first-order valence-electron chi connectivity index (χ1n) is 6.62. The van der Waals surface area contributed by atoms with Gasteiger partial charge in [-0.2, -0.15) is 0 Å². The summed E-state index contributed by atoms with van der Waals surface area (Å²) >= 11 is 0. The Kier molecular flexibility index (Phi) is 3.47. The van der Waals surface area contributed by atoms with Crippen LogP contribution in [-0.4, -0.2) is 25.3 Å². The lowest BCUT2D eigenvalue weighted by molar-refractivity contribution is 0.0714. The Morgan fingerprint density at radius 2 is 1.86 bits per heavy atom. The van der Waals surface area contributed by atoms with E-state index in [0.717, 1.165) is 5.56 Å². The molecule has 0 fully saturated rings. The zero-order chi connectivity index (χ0) is 15.7. The number of carbonyl (C=O) groups is 1. The lowest BCUT2D eigenvalue weighted by Gasteiger charge is -2.05. The van der Waals surface area contributed by atoms with E-state index in [4.69, 9.17) is 14.2 Å². The summed E-state index contributed by atoms with van der Waals surface area (Å²) in [5, 5.41) is 9.62.